The molecule has 1 heterocycles. The van der Waals surface area contributed by atoms with E-state index in [0.29, 0.717) is 9.80 Å². The van der Waals surface area contributed by atoms with Gasteiger partial charge in [0, 0.05) is 26.2 Å². The van der Waals surface area contributed by atoms with Gasteiger partial charge in [-0.25, -0.2) is 16.8 Å². The maximum atomic E-state index is 11.5. The molecule has 0 spiro atoms. The van der Waals surface area contributed by atoms with Crippen molar-refractivity contribution < 1.29 is 111 Å². The molecule has 1 rings (SSSR count). The summed E-state index contributed by atoms with van der Waals surface area (Å²) in [7, 11) is -21.8. The normalized spacial score (nSPS) is 18.8. The van der Waals surface area contributed by atoms with Gasteiger partial charge < -0.3 is 14.4 Å². The van der Waals surface area contributed by atoms with Crippen molar-refractivity contribution in [3.63, 3.8) is 0 Å². The van der Waals surface area contributed by atoms with Crippen LogP contribution in [-0.4, -0.2) is 110 Å². The Hall–Kier alpha value is 1.81. The van der Waals surface area contributed by atoms with Crippen LogP contribution in [0.4, 0.5) is 0 Å². The summed E-state index contributed by atoms with van der Waals surface area (Å²) in [6, 6.07) is 0. The van der Waals surface area contributed by atoms with Crippen molar-refractivity contribution in [1.29, 1.82) is 0 Å². The standard InChI is InChI=1S/C11H25N3O12S4.ClH.2Na/c15-27(16,17)10(28(18,19)20)13-6-1-4-12-5-2-7-14(9-3-8-13)11(29(21,22)23)30(24,25)26;;;/h10-12H,1-9H2,(H,15,16,17)(H,18,19,20)(H,21,22,23)(H,24,25,26);1H;;/q;;2*+1/p-2. The summed E-state index contributed by atoms with van der Waals surface area (Å²) >= 11 is 0. The first-order valence-corrected chi connectivity index (χ1v) is 14.4. The number of rotatable bonds is 6. The van der Waals surface area contributed by atoms with E-state index < -0.39 is 63.0 Å². The van der Waals surface area contributed by atoms with Gasteiger partial charge in [0.15, 0.2) is 4.71 Å². The second kappa shape index (κ2) is 15.9. The van der Waals surface area contributed by atoms with E-state index in [4.69, 9.17) is 0 Å². The molecule has 1 fully saturated rings. The van der Waals surface area contributed by atoms with E-state index in [1.807, 2.05) is 0 Å². The SMILES string of the molecule is Cl.O=S(=O)([O-])C(N1CCCNCCCN(C(S(=O)(=O)O)S(=O)(=O)O)CCC1)S(=O)(=O)[O-].[Na+].[Na+]. The average molecular weight is 600 g/mol. The molecule has 0 amide bonds. The molecular weight excluding hydrogens is 576 g/mol. The third kappa shape index (κ3) is 13.8. The minimum atomic E-state index is -5.59. The molecule has 0 aromatic heterocycles. The van der Waals surface area contributed by atoms with Crippen LogP contribution in [0.25, 0.3) is 0 Å². The molecule has 188 valence electrons. The Morgan fingerprint density at radius 1 is 0.636 bits per heavy atom. The second-order valence-electron chi connectivity index (χ2n) is 6.51. The van der Waals surface area contributed by atoms with E-state index in [0.717, 1.165) is 0 Å². The molecule has 15 nitrogen and oxygen atoms in total. The minimum Gasteiger partial charge on any atom is -0.746 e. The van der Waals surface area contributed by atoms with Gasteiger partial charge in [0.05, 0.1) is 0 Å². The molecule has 0 radical (unpaired) electrons. The Labute approximate surface area is 244 Å². The van der Waals surface area contributed by atoms with E-state index >= 15 is 0 Å². The molecular formula is C11H24ClN3Na2O12S4. The van der Waals surface area contributed by atoms with Crippen molar-refractivity contribution >= 4 is 52.9 Å². The third-order valence-electron chi connectivity index (χ3n) is 4.09. The largest absolute Gasteiger partial charge is 1.00 e. The van der Waals surface area contributed by atoms with E-state index in [1.165, 1.54) is 0 Å². The molecule has 0 aromatic carbocycles. The predicted octanol–water partition coefficient (Wildman–Crippen LogP) is -8.77. The summed E-state index contributed by atoms with van der Waals surface area (Å²) in [5, 5.41) is 2.84. The van der Waals surface area contributed by atoms with Gasteiger partial charge in [-0.15, -0.1) is 12.4 Å². The molecule has 0 saturated carbocycles. The Bertz CT molecular complexity index is 865. The van der Waals surface area contributed by atoms with Gasteiger partial charge in [-0.05, 0) is 32.4 Å². The monoisotopic (exact) mass is 599 g/mol. The Morgan fingerprint density at radius 3 is 1.24 bits per heavy atom. The van der Waals surface area contributed by atoms with Crippen LogP contribution in [-0.2, 0) is 40.5 Å². The summed E-state index contributed by atoms with van der Waals surface area (Å²) in [5.74, 6) is 0. The Morgan fingerprint density at radius 2 is 0.939 bits per heavy atom. The maximum Gasteiger partial charge on any atom is 1.00 e. The summed E-state index contributed by atoms with van der Waals surface area (Å²) in [6.07, 6.45) is 0.0815. The zero-order valence-corrected chi connectivity index (χ0v) is 26.0. The maximum absolute atomic E-state index is 11.5. The van der Waals surface area contributed by atoms with E-state index in [9.17, 15) is 51.9 Å². The van der Waals surface area contributed by atoms with Crippen molar-refractivity contribution in [2.24, 2.45) is 0 Å². The van der Waals surface area contributed by atoms with Gasteiger partial charge in [0.2, 0.25) is 0 Å². The molecule has 1 aliphatic heterocycles. The van der Waals surface area contributed by atoms with Gasteiger partial charge in [-0.2, -0.15) is 16.8 Å². The molecule has 1 saturated heterocycles. The smallest absolute Gasteiger partial charge is 0.746 e. The van der Waals surface area contributed by atoms with Gasteiger partial charge >= 0.3 is 59.1 Å². The van der Waals surface area contributed by atoms with E-state index in [-0.39, 0.29) is 117 Å². The zero-order valence-electron chi connectivity index (χ0n) is 17.9. The quantitative estimate of drug-likeness (QED) is 0.189. The number of hydrogen-bond acceptors (Lipinski definition) is 13. The van der Waals surface area contributed by atoms with Gasteiger partial charge in [0.25, 0.3) is 24.9 Å². The summed E-state index contributed by atoms with van der Waals surface area (Å²) in [6.45, 7) is -1.07. The molecule has 3 N–H and O–H groups in total. The molecule has 0 bridgehead atoms. The third-order valence-corrected chi connectivity index (χ3v) is 10.2. The van der Waals surface area contributed by atoms with Gasteiger partial charge in [-0.1, -0.05) is 0 Å². The summed E-state index contributed by atoms with van der Waals surface area (Å²) < 4.78 is 127. The number of hydrogen-bond donors (Lipinski definition) is 3. The van der Waals surface area contributed by atoms with Crippen LogP contribution in [0.15, 0.2) is 0 Å². The number of halogens is 1. The molecule has 33 heavy (non-hydrogen) atoms. The molecule has 22 heteroatoms. The summed E-state index contributed by atoms with van der Waals surface area (Å²) in [5.41, 5.74) is 0. The molecule has 0 atom stereocenters. The van der Waals surface area contributed by atoms with Gasteiger partial charge in [-0.3, -0.25) is 18.9 Å². The first kappa shape index (κ1) is 39.3. The average Bonchev–Trinajstić information content (AvgIpc) is 2.45. The summed E-state index contributed by atoms with van der Waals surface area (Å²) in [4.78, 5) is 1.29. The number of nitrogens with zero attached hydrogens (tertiary/aromatic N) is 2. The van der Waals surface area contributed by atoms with Gasteiger partial charge in [0.1, 0.15) is 20.2 Å². The molecule has 0 aromatic rings. The van der Waals surface area contributed by atoms with Crippen LogP contribution in [0.3, 0.4) is 0 Å². The fourth-order valence-corrected chi connectivity index (χ4v) is 7.81. The molecule has 0 aliphatic carbocycles. The second-order valence-corrected chi connectivity index (χ2v) is 12.9. The zero-order chi connectivity index (χ0) is 23.4. The van der Waals surface area contributed by atoms with E-state index in [1.54, 1.807) is 0 Å². The first-order chi connectivity index (χ1) is 13.5. The van der Waals surface area contributed by atoms with Crippen LogP contribution < -0.4 is 64.4 Å². The molecule has 0 unspecified atom stereocenters. The van der Waals surface area contributed by atoms with E-state index in [2.05, 4.69) is 5.32 Å². The van der Waals surface area contributed by atoms with Crippen LogP contribution in [0.1, 0.15) is 19.3 Å². The van der Waals surface area contributed by atoms with Crippen molar-refractivity contribution in [3.8, 4) is 0 Å². The van der Waals surface area contributed by atoms with Crippen molar-refractivity contribution in [2.75, 3.05) is 39.3 Å². The fourth-order valence-electron chi connectivity index (χ4n) is 3.10. The Balaban J connectivity index is -0.00000300. The number of nitrogens with one attached hydrogen (secondary N) is 1. The van der Waals surface area contributed by atoms with Crippen molar-refractivity contribution in [3.05, 3.63) is 0 Å². The minimum absolute atomic E-state index is 0. The topological polar surface area (TPSA) is 242 Å². The first-order valence-electron chi connectivity index (χ1n) is 8.46. The van der Waals surface area contributed by atoms with Crippen molar-refractivity contribution in [2.45, 2.75) is 28.7 Å². The molecule has 1 aliphatic rings. The van der Waals surface area contributed by atoms with Crippen molar-refractivity contribution in [1.82, 2.24) is 15.1 Å². The fraction of sp³-hybridized carbons (Fsp3) is 1.00. The van der Waals surface area contributed by atoms with Crippen LogP contribution in [0.2, 0.25) is 0 Å². The van der Waals surface area contributed by atoms with Crippen LogP contribution in [0.5, 0.6) is 0 Å². The van der Waals surface area contributed by atoms with Crippen LogP contribution in [0, 0.1) is 0 Å². The Kier molecular flexibility index (Phi) is 19.0. The predicted molar refractivity (Wildman–Crippen MR) is 107 cm³/mol. The van der Waals surface area contributed by atoms with Crippen LogP contribution >= 0.6 is 12.4 Å².